The number of aryl methyl sites for hydroxylation is 1. The lowest BCUT2D eigenvalue weighted by Gasteiger charge is -2.14. The molecule has 0 N–H and O–H groups in total. The predicted molar refractivity (Wildman–Crippen MR) is 119 cm³/mol. The van der Waals surface area contributed by atoms with E-state index in [1.807, 2.05) is 67.7 Å². The Balaban J connectivity index is 1.85. The molecule has 3 aromatic rings. The maximum absolute atomic E-state index is 6.04. The van der Waals surface area contributed by atoms with Gasteiger partial charge in [0.05, 0.1) is 16.8 Å². The van der Waals surface area contributed by atoms with E-state index in [-0.39, 0.29) is 0 Å². The smallest absolute Gasteiger partial charge is 0.175 e. The van der Waals surface area contributed by atoms with Crippen LogP contribution in [0.15, 0.2) is 70.1 Å². The maximum Gasteiger partial charge on any atom is 0.175 e. The van der Waals surface area contributed by atoms with Crippen LogP contribution in [0.5, 0.6) is 11.5 Å². The van der Waals surface area contributed by atoms with Crippen molar-refractivity contribution in [2.45, 2.75) is 27.4 Å². The van der Waals surface area contributed by atoms with Crippen LogP contribution in [-0.4, -0.2) is 12.8 Å². The number of hydrogen-bond acceptors (Lipinski definition) is 3. The molecular formula is C24H24BrNO2. The van der Waals surface area contributed by atoms with Gasteiger partial charge in [-0.15, -0.1) is 0 Å². The van der Waals surface area contributed by atoms with Crippen LogP contribution in [0.1, 0.15) is 29.2 Å². The van der Waals surface area contributed by atoms with E-state index in [2.05, 4.69) is 40.8 Å². The number of aliphatic imine (C=N–C) groups is 1. The Hall–Kier alpha value is -2.59. The molecule has 3 nitrogen and oxygen atoms in total. The molecule has 0 aliphatic rings. The van der Waals surface area contributed by atoms with Crippen molar-refractivity contribution in [3.8, 4) is 11.5 Å². The Morgan fingerprint density at radius 3 is 2.50 bits per heavy atom. The van der Waals surface area contributed by atoms with Crippen molar-refractivity contribution in [1.29, 1.82) is 0 Å². The largest absolute Gasteiger partial charge is 0.490 e. The molecule has 0 bridgehead atoms. The first-order valence-electron chi connectivity index (χ1n) is 9.32. The van der Waals surface area contributed by atoms with Gasteiger partial charge in [-0.05, 0) is 77.2 Å². The normalized spacial score (nSPS) is 11.0. The van der Waals surface area contributed by atoms with E-state index in [1.165, 1.54) is 11.1 Å². The van der Waals surface area contributed by atoms with Crippen molar-refractivity contribution in [3.05, 3.63) is 87.4 Å². The SMILES string of the molecule is CCOc1cc(C=Nc2cccc(C)c2C)cc(Br)c1OCc1ccccc1. The highest BCUT2D eigenvalue weighted by molar-refractivity contribution is 9.10. The molecule has 0 aromatic heterocycles. The third-order valence-electron chi connectivity index (χ3n) is 4.49. The molecule has 0 radical (unpaired) electrons. The van der Waals surface area contributed by atoms with Gasteiger partial charge in [-0.25, -0.2) is 0 Å². The molecule has 0 aliphatic heterocycles. The second-order valence-corrected chi connectivity index (χ2v) is 7.37. The van der Waals surface area contributed by atoms with Crippen LogP contribution in [0.2, 0.25) is 0 Å². The van der Waals surface area contributed by atoms with E-state index in [4.69, 9.17) is 9.47 Å². The van der Waals surface area contributed by atoms with Crippen molar-refractivity contribution in [2.24, 2.45) is 4.99 Å². The highest BCUT2D eigenvalue weighted by Crippen LogP contribution is 2.37. The van der Waals surface area contributed by atoms with Gasteiger partial charge in [-0.3, -0.25) is 4.99 Å². The van der Waals surface area contributed by atoms with Gasteiger partial charge in [0, 0.05) is 6.21 Å². The fraction of sp³-hybridized carbons (Fsp3) is 0.208. The molecule has 0 unspecified atom stereocenters. The summed E-state index contributed by atoms with van der Waals surface area (Å²) in [4.78, 5) is 4.66. The molecule has 0 atom stereocenters. The minimum absolute atomic E-state index is 0.482. The van der Waals surface area contributed by atoms with E-state index in [0.717, 1.165) is 21.3 Å². The molecule has 3 rings (SSSR count). The fourth-order valence-electron chi connectivity index (χ4n) is 2.81. The Labute approximate surface area is 175 Å². The number of halogens is 1. The zero-order valence-electron chi connectivity index (χ0n) is 16.4. The summed E-state index contributed by atoms with van der Waals surface area (Å²) in [5, 5.41) is 0. The van der Waals surface area contributed by atoms with Crippen LogP contribution in [0.3, 0.4) is 0 Å². The topological polar surface area (TPSA) is 30.8 Å². The zero-order chi connectivity index (χ0) is 19.9. The Bertz CT molecular complexity index is 968. The van der Waals surface area contributed by atoms with E-state index in [1.54, 1.807) is 0 Å². The summed E-state index contributed by atoms with van der Waals surface area (Å²) >= 11 is 3.63. The third-order valence-corrected chi connectivity index (χ3v) is 5.08. The second-order valence-electron chi connectivity index (χ2n) is 6.51. The first-order chi connectivity index (χ1) is 13.6. The zero-order valence-corrected chi connectivity index (χ0v) is 18.0. The minimum atomic E-state index is 0.482. The first-order valence-corrected chi connectivity index (χ1v) is 10.1. The molecule has 0 spiro atoms. The average Bonchev–Trinajstić information content (AvgIpc) is 2.69. The van der Waals surface area contributed by atoms with E-state index < -0.39 is 0 Å². The lowest BCUT2D eigenvalue weighted by molar-refractivity contribution is 0.267. The third kappa shape index (κ3) is 5.02. The minimum Gasteiger partial charge on any atom is -0.490 e. The molecule has 0 saturated carbocycles. The van der Waals surface area contributed by atoms with Gasteiger partial charge in [0.15, 0.2) is 11.5 Å². The van der Waals surface area contributed by atoms with Crippen molar-refractivity contribution in [3.63, 3.8) is 0 Å². The van der Waals surface area contributed by atoms with Gasteiger partial charge < -0.3 is 9.47 Å². The number of ether oxygens (including phenoxy) is 2. The highest BCUT2D eigenvalue weighted by atomic mass is 79.9. The predicted octanol–water partition coefficient (Wildman–Crippen LogP) is 6.79. The molecule has 0 heterocycles. The molecule has 0 fully saturated rings. The molecular weight excluding hydrogens is 414 g/mol. The first kappa shape index (κ1) is 20.2. The maximum atomic E-state index is 6.04. The number of hydrogen-bond donors (Lipinski definition) is 0. The van der Waals surface area contributed by atoms with Gasteiger partial charge in [-0.2, -0.15) is 0 Å². The van der Waals surface area contributed by atoms with Crippen molar-refractivity contribution in [1.82, 2.24) is 0 Å². The highest BCUT2D eigenvalue weighted by Gasteiger charge is 2.12. The second kappa shape index (κ2) is 9.56. The van der Waals surface area contributed by atoms with Crippen LogP contribution in [-0.2, 0) is 6.61 Å². The summed E-state index contributed by atoms with van der Waals surface area (Å²) in [6.45, 7) is 7.19. The summed E-state index contributed by atoms with van der Waals surface area (Å²) in [7, 11) is 0. The Kier molecular flexibility index (Phi) is 6.88. The molecule has 28 heavy (non-hydrogen) atoms. The van der Waals surface area contributed by atoms with Crippen molar-refractivity contribution < 1.29 is 9.47 Å². The molecule has 0 saturated heterocycles. The van der Waals surface area contributed by atoms with E-state index in [9.17, 15) is 0 Å². The lowest BCUT2D eigenvalue weighted by atomic mass is 10.1. The van der Waals surface area contributed by atoms with Crippen molar-refractivity contribution >= 4 is 27.8 Å². The summed E-state index contributed by atoms with van der Waals surface area (Å²) in [6.07, 6.45) is 1.86. The summed E-state index contributed by atoms with van der Waals surface area (Å²) in [5.74, 6) is 1.41. The summed E-state index contributed by atoms with van der Waals surface area (Å²) in [5.41, 5.74) is 5.44. The van der Waals surface area contributed by atoms with Gasteiger partial charge in [0.1, 0.15) is 6.61 Å². The van der Waals surface area contributed by atoms with E-state index in [0.29, 0.717) is 24.7 Å². The average molecular weight is 438 g/mol. The summed E-state index contributed by atoms with van der Waals surface area (Å²) in [6, 6.07) is 20.2. The molecule has 3 aromatic carbocycles. The number of rotatable bonds is 7. The van der Waals surface area contributed by atoms with Crippen LogP contribution in [0, 0.1) is 13.8 Å². The number of benzene rings is 3. The Morgan fingerprint density at radius 2 is 1.75 bits per heavy atom. The van der Waals surface area contributed by atoms with Crippen LogP contribution in [0.25, 0.3) is 0 Å². The van der Waals surface area contributed by atoms with Crippen LogP contribution >= 0.6 is 15.9 Å². The molecule has 144 valence electrons. The fourth-order valence-corrected chi connectivity index (χ4v) is 3.39. The Morgan fingerprint density at radius 1 is 0.964 bits per heavy atom. The van der Waals surface area contributed by atoms with Gasteiger partial charge >= 0.3 is 0 Å². The molecule has 4 heteroatoms. The number of nitrogens with zero attached hydrogens (tertiary/aromatic N) is 1. The van der Waals surface area contributed by atoms with Gasteiger partial charge in [0.25, 0.3) is 0 Å². The van der Waals surface area contributed by atoms with E-state index >= 15 is 0 Å². The van der Waals surface area contributed by atoms with Gasteiger partial charge in [0.2, 0.25) is 0 Å². The molecule has 0 amide bonds. The lowest BCUT2D eigenvalue weighted by Crippen LogP contribution is -2.01. The monoisotopic (exact) mass is 437 g/mol. The summed E-state index contributed by atoms with van der Waals surface area (Å²) < 4.78 is 12.7. The van der Waals surface area contributed by atoms with Gasteiger partial charge in [-0.1, -0.05) is 42.5 Å². The van der Waals surface area contributed by atoms with Crippen LogP contribution in [0.4, 0.5) is 5.69 Å². The standard InChI is InChI=1S/C24H24BrNO2/c1-4-27-23-14-20(15-26-22-12-8-9-17(2)18(22)3)13-21(25)24(23)28-16-19-10-6-5-7-11-19/h5-15H,4,16H2,1-3H3. The van der Waals surface area contributed by atoms with Crippen molar-refractivity contribution in [2.75, 3.05) is 6.61 Å². The van der Waals surface area contributed by atoms with Crippen LogP contribution < -0.4 is 9.47 Å². The molecule has 0 aliphatic carbocycles. The quantitative estimate of drug-likeness (QED) is 0.380.